The minimum Gasteiger partial charge on any atom is -0.466 e. The number of aliphatic hydroxyl groups is 1. The molecule has 0 fully saturated rings. The van der Waals surface area contributed by atoms with Crippen LogP contribution in [0.4, 0.5) is 4.79 Å². The minimum atomic E-state index is -1.03. The van der Waals surface area contributed by atoms with Crippen molar-refractivity contribution in [1.82, 2.24) is 5.32 Å². The summed E-state index contributed by atoms with van der Waals surface area (Å²) in [6.45, 7) is 3.75. The van der Waals surface area contributed by atoms with Crippen molar-refractivity contribution in [3.8, 4) is 0 Å². The number of carbonyl (C=O) groups is 2. The second-order valence-corrected chi connectivity index (χ2v) is 6.37. The van der Waals surface area contributed by atoms with Gasteiger partial charge >= 0.3 is 12.1 Å². The Kier molecular flexibility index (Phi) is 8.24. The lowest BCUT2D eigenvalue weighted by atomic mass is 9.97. The maximum atomic E-state index is 12.2. The Morgan fingerprint density at radius 1 is 1.04 bits per heavy atom. The average molecular weight is 383 g/mol. The minimum absolute atomic E-state index is 0.0247. The molecule has 0 unspecified atom stereocenters. The van der Waals surface area contributed by atoms with Crippen LogP contribution in [-0.4, -0.2) is 36.4 Å². The van der Waals surface area contributed by atoms with Crippen molar-refractivity contribution >= 4 is 12.1 Å². The summed E-state index contributed by atoms with van der Waals surface area (Å²) < 4.78 is 9.86. The summed E-state index contributed by atoms with van der Waals surface area (Å²) in [5.41, 5.74) is 1.92. The lowest BCUT2D eigenvalue weighted by molar-refractivity contribution is -0.136. The third kappa shape index (κ3) is 6.89. The van der Waals surface area contributed by atoms with E-state index in [1.165, 1.54) is 7.11 Å². The number of ether oxygens (including phenoxy) is 2. The number of nitrogens with one attached hydrogen (secondary N) is 1. The molecule has 0 aliphatic carbocycles. The smallest absolute Gasteiger partial charge is 0.407 e. The third-order valence-corrected chi connectivity index (χ3v) is 4.21. The zero-order valence-electron chi connectivity index (χ0n) is 15.8. The Balaban J connectivity index is 2.01. The second kappa shape index (κ2) is 10.9. The van der Waals surface area contributed by atoms with Gasteiger partial charge in [0.1, 0.15) is 6.61 Å². The molecule has 2 N–H and O–H groups in total. The molecule has 1 amide bonds. The second-order valence-electron chi connectivity index (χ2n) is 6.37. The molecule has 0 saturated heterocycles. The summed E-state index contributed by atoms with van der Waals surface area (Å²) in [5.74, 6) is -0.593. The summed E-state index contributed by atoms with van der Waals surface area (Å²) in [5, 5.41) is 13.3. The SMILES string of the molecule is C=C(C[C@@H](O)[C@H](Cc1ccccc1)NC(=O)OCc1ccccc1)C(=O)OC. The Morgan fingerprint density at radius 2 is 1.61 bits per heavy atom. The molecule has 0 saturated carbocycles. The van der Waals surface area contributed by atoms with Crippen LogP contribution in [-0.2, 0) is 27.3 Å². The first-order chi connectivity index (χ1) is 13.5. The first-order valence-corrected chi connectivity index (χ1v) is 8.95. The number of benzene rings is 2. The van der Waals surface area contributed by atoms with Gasteiger partial charge < -0.3 is 19.9 Å². The number of hydrogen-bond donors (Lipinski definition) is 2. The number of hydrogen-bond acceptors (Lipinski definition) is 5. The molecule has 2 aromatic rings. The van der Waals surface area contributed by atoms with Gasteiger partial charge in [0.05, 0.1) is 19.3 Å². The molecular formula is C22H25NO5. The molecule has 2 atom stereocenters. The van der Waals surface area contributed by atoms with Crippen LogP contribution in [0.1, 0.15) is 17.5 Å². The molecule has 6 nitrogen and oxygen atoms in total. The summed E-state index contributed by atoms with van der Waals surface area (Å²) in [7, 11) is 1.25. The molecular weight excluding hydrogens is 358 g/mol. The van der Waals surface area contributed by atoms with Gasteiger partial charge in [-0.1, -0.05) is 67.2 Å². The molecule has 6 heteroatoms. The van der Waals surface area contributed by atoms with Gasteiger partial charge in [-0.15, -0.1) is 0 Å². The first kappa shape index (κ1) is 21.2. The summed E-state index contributed by atoms with van der Waals surface area (Å²) in [6, 6.07) is 18.1. The molecule has 0 heterocycles. The van der Waals surface area contributed by atoms with E-state index in [1.807, 2.05) is 60.7 Å². The third-order valence-electron chi connectivity index (χ3n) is 4.21. The topological polar surface area (TPSA) is 84.9 Å². The zero-order chi connectivity index (χ0) is 20.4. The van der Waals surface area contributed by atoms with Crippen LogP contribution >= 0.6 is 0 Å². The van der Waals surface area contributed by atoms with Crippen molar-refractivity contribution in [1.29, 1.82) is 0 Å². The van der Waals surface area contributed by atoms with Crippen LogP contribution in [0, 0.1) is 0 Å². The molecule has 148 valence electrons. The van der Waals surface area contributed by atoms with Crippen molar-refractivity contribution in [3.63, 3.8) is 0 Å². The van der Waals surface area contributed by atoms with Gasteiger partial charge in [-0.25, -0.2) is 9.59 Å². The van der Waals surface area contributed by atoms with Gasteiger partial charge in [0, 0.05) is 12.0 Å². The Hall–Kier alpha value is -3.12. The first-order valence-electron chi connectivity index (χ1n) is 8.95. The van der Waals surface area contributed by atoms with E-state index in [0.717, 1.165) is 11.1 Å². The van der Waals surface area contributed by atoms with Crippen LogP contribution in [0.3, 0.4) is 0 Å². The average Bonchev–Trinajstić information content (AvgIpc) is 2.72. The van der Waals surface area contributed by atoms with Gasteiger partial charge in [-0.05, 0) is 17.5 Å². The van der Waals surface area contributed by atoms with Gasteiger partial charge in [0.15, 0.2) is 0 Å². The molecule has 0 aliphatic heterocycles. The highest BCUT2D eigenvalue weighted by Gasteiger charge is 2.25. The van der Waals surface area contributed by atoms with E-state index in [0.29, 0.717) is 6.42 Å². The fraction of sp³-hybridized carbons (Fsp3) is 0.273. The van der Waals surface area contributed by atoms with E-state index in [4.69, 9.17) is 4.74 Å². The van der Waals surface area contributed by atoms with E-state index in [1.54, 1.807) is 0 Å². The maximum absolute atomic E-state index is 12.2. The van der Waals surface area contributed by atoms with Crippen molar-refractivity contribution in [3.05, 3.63) is 83.9 Å². The number of aliphatic hydroxyl groups excluding tert-OH is 1. The zero-order valence-corrected chi connectivity index (χ0v) is 15.8. The monoisotopic (exact) mass is 383 g/mol. The van der Waals surface area contributed by atoms with Gasteiger partial charge in [-0.2, -0.15) is 0 Å². The highest BCUT2D eigenvalue weighted by atomic mass is 16.5. The number of methoxy groups -OCH3 is 1. The maximum Gasteiger partial charge on any atom is 0.407 e. The molecule has 0 radical (unpaired) electrons. The standard InChI is InChI=1S/C22H25NO5/c1-16(21(25)27-2)13-20(24)19(14-17-9-5-3-6-10-17)23-22(26)28-15-18-11-7-4-8-12-18/h3-12,19-20,24H,1,13-15H2,2H3,(H,23,26)/t19-,20+/m0/s1. The number of alkyl carbamates (subject to hydrolysis) is 1. The highest BCUT2D eigenvalue weighted by molar-refractivity contribution is 5.87. The van der Waals surface area contributed by atoms with Crippen LogP contribution in [0.5, 0.6) is 0 Å². The van der Waals surface area contributed by atoms with Crippen molar-refractivity contribution < 1.29 is 24.2 Å². The summed E-state index contributed by atoms with van der Waals surface area (Å²) >= 11 is 0. The Labute approximate surface area is 164 Å². The molecule has 28 heavy (non-hydrogen) atoms. The number of amides is 1. The lowest BCUT2D eigenvalue weighted by Crippen LogP contribution is -2.45. The molecule has 0 aromatic heterocycles. The fourth-order valence-electron chi connectivity index (χ4n) is 2.69. The molecule has 0 bridgehead atoms. The van der Waals surface area contributed by atoms with Gasteiger partial charge in [-0.3, -0.25) is 0 Å². The number of carbonyl (C=O) groups excluding carboxylic acids is 2. The van der Waals surface area contributed by atoms with Gasteiger partial charge in [0.2, 0.25) is 0 Å². The van der Waals surface area contributed by atoms with Crippen LogP contribution in [0.15, 0.2) is 72.8 Å². The highest BCUT2D eigenvalue weighted by Crippen LogP contribution is 2.14. The van der Waals surface area contributed by atoms with E-state index in [9.17, 15) is 14.7 Å². The largest absolute Gasteiger partial charge is 0.466 e. The van der Waals surface area contributed by atoms with E-state index in [2.05, 4.69) is 16.6 Å². The van der Waals surface area contributed by atoms with Crippen molar-refractivity contribution in [2.75, 3.05) is 7.11 Å². The normalized spacial score (nSPS) is 12.5. The van der Waals surface area contributed by atoms with Crippen LogP contribution < -0.4 is 5.32 Å². The van der Waals surface area contributed by atoms with Crippen molar-refractivity contribution in [2.24, 2.45) is 0 Å². The lowest BCUT2D eigenvalue weighted by Gasteiger charge is -2.24. The Bertz CT molecular complexity index is 776. The Morgan fingerprint density at radius 3 is 2.18 bits per heavy atom. The van der Waals surface area contributed by atoms with Gasteiger partial charge in [0.25, 0.3) is 0 Å². The molecule has 0 aliphatic rings. The van der Waals surface area contributed by atoms with Crippen LogP contribution in [0.25, 0.3) is 0 Å². The molecule has 2 rings (SSSR count). The van der Waals surface area contributed by atoms with E-state index in [-0.39, 0.29) is 18.6 Å². The fourth-order valence-corrected chi connectivity index (χ4v) is 2.69. The number of esters is 1. The molecule has 0 spiro atoms. The summed E-state index contributed by atoms with van der Waals surface area (Å²) in [4.78, 5) is 23.8. The van der Waals surface area contributed by atoms with E-state index >= 15 is 0 Å². The molecule has 2 aromatic carbocycles. The number of rotatable bonds is 9. The quantitative estimate of drug-likeness (QED) is 0.514. The van der Waals surface area contributed by atoms with Crippen LogP contribution in [0.2, 0.25) is 0 Å². The van der Waals surface area contributed by atoms with Crippen molar-refractivity contribution in [2.45, 2.75) is 31.6 Å². The predicted molar refractivity (Wildman–Crippen MR) is 105 cm³/mol. The summed E-state index contributed by atoms with van der Waals surface area (Å²) in [6.07, 6.45) is -1.33. The predicted octanol–water partition coefficient (Wildman–Crippen LogP) is 3.00. The van der Waals surface area contributed by atoms with E-state index < -0.39 is 24.2 Å².